The third kappa shape index (κ3) is 5.17. The van der Waals surface area contributed by atoms with Gasteiger partial charge in [-0.25, -0.2) is 14.4 Å². The Hall–Kier alpha value is -4.19. The van der Waals surface area contributed by atoms with E-state index >= 15 is 0 Å². The van der Waals surface area contributed by atoms with Gasteiger partial charge in [0.25, 0.3) is 0 Å². The molecule has 4 aromatic rings. The van der Waals surface area contributed by atoms with E-state index in [1.165, 1.54) is 12.1 Å². The van der Waals surface area contributed by atoms with Crippen molar-refractivity contribution >= 4 is 12.0 Å². The smallest absolute Gasteiger partial charge is 0.246 e. The lowest BCUT2D eigenvalue weighted by Gasteiger charge is -2.32. The number of halogens is 1. The maximum Gasteiger partial charge on any atom is 0.246 e. The summed E-state index contributed by atoms with van der Waals surface area (Å²) in [5.41, 5.74) is 4.26. The molecule has 3 heterocycles. The number of carbonyl (C=O) groups is 1. The summed E-state index contributed by atoms with van der Waals surface area (Å²) < 4.78 is 14.0. The normalized spacial score (nSPS) is 15.9. The van der Waals surface area contributed by atoms with Gasteiger partial charge in [-0.1, -0.05) is 48.5 Å². The number of carbonyl (C=O) groups excluding carboxylic acids is 1. The van der Waals surface area contributed by atoms with Gasteiger partial charge in [0.15, 0.2) is 5.82 Å². The Kier molecular flexibility index (Phi) is 6.70. The molecule has 0 spiro atoms. The summed E-state index contributed by atoms with van der Waals surface area (Å²) in [4.78, 5) is 28.5. The molecular formula is C29H25FN4O. The molecule has 2 aromatic heterocycles. The van der Waals surface area contributed by atoms with E-state index in [-0.39, 0.29) is 17.6 Å². The van der Waals surface area contributed by atoms with Crippen molar-refractivity contribution in [2.45, 2.75) is 18.8 Å². The minimum absolute atomic E-state index is 0.0633. The van der Waals surface area contributed by atoms with Gasteiger partial charge in [-0.15, -0.1) is 0 Å². The molecule has 5 rings (SSSR count). The zero-order chi connectivity index (χ0) is 24.0. The van der Waals surface area contributed by atoms with Crippen LogP contribution < -0.4 is 0 Å². The van der Waals surface area contributed by atoms with Crippen LogP contribution in [0.25, 0.3) is 28.6 Å². The van der Waals surface area contributed by atoms with E-state index < -0.39 is 0 Å². The first-order valence-electron chi connectivity index (χ1n) is 11.7. The molecule has 35 heavy (non-hydrogen) atoms. The van der Waals surface area contributed by atoms with Crippen molar-refractivity contribution in [2.75, 3.05) is 13.1 Å². The highest BCUT2D eigenvalue weighted by atomic mass is 19.1. The van der Waals surface area contributed by atoms with E-state index in [4.69, 9.17) is 4.98 Å². The highest BCUT2D eigenvalue weighted by Crippen LogP contribution is 2.34. The first kappa shape index (κ1) is 22.6. The third-order valence-electron chi connectivity index (χ3n) is 6.27. The Labute approximate surface area is 204 Å². The van der Waals surface area contributed by atoms with Gasteiger partial charge in [-0.05, 0) is 42.7 Å². The molecule has 1 amide bonds. The van der Waals surface area contributed by atoms with Gasteiger partial charge >= 0.3 is 0 Å². The summed E-state index contributed by atoms with van der Waals surface area (Å²) in [7, 11) is 0. The van der Waals surface area contributed by atoms with Crippen LogP contribution in [0.4, 0.5) is 4.39 Å². The first-order chi connectivity index (χ1) is 17.2. The second-order valence-electron chi connectivity index (χ2n) is 8.57. The Bertz CT molecular complexity index is 1340. The summed E-state index contributed by atoms with van der Waals surface area (Å²) in [5.74, 6) is 0.242. The van der Waals surface area contributed by atoms with Gasteiger partial charge in [0.2, 0.25) is 5.91 Å². The van der Waals surface area contributed by atoms with E-state index in [2.05, 4.69) is 22.1 Å². The quantitative estimate of drug-likeness (QED) is 0.352. The molecule has 2 aromatic carbocycles. The lowest BCUT2D eigenvalue weighted by Crippen LogP contribution is -2.38. The van der Waals surface area contributed by atoms with Crippen molar-refractivity contribution in [1.29, 1.82) is 0 Å². The van der Waals surface area contributed by atoms with Gasteiger partial charge in [0, 0.05) is 60.4 Å². The van der Waals surface area contributed by atoms with E-state index in [0.29, 0.717) is 24.5 Å². The molecule has 5 nitrogen and oxygen atoms in total. The average molecular weight is 465 g/mol. The first-order valence-corrected chi connectivity index (χ1v) is 11.7. The molecule has 174 valence electrons. The Morgan fingerprint density at radius 1 is 0.971 bits per heavy atom. The second kappa shape index (κ2) is 10.4. The molecule has 0 unspecified atom stereocenters. The Morgan fingerprint density at radius 2 is 1.74 bits per heavy atom. The van der Waals surface area contributed by atoms with Crippen molar-refractivity contribution < 1.29 is 9.18 Å². The van der Waals surface area contributed by atoms with Crippen LogP contribution in [0, 0.1) is 5.82 Å². The Morgan fingerprint density at radius 3 is 2.54 bits per heavy atom. The molecule has 0 radical (unpaired) electrons. The predicted octanol–water partition coefficient (Wildman–Crippen LogP) is 5.76. The highest BCUT2D eigenvalue weighted by Gasteiger charge is 2.27. The van der Waals surface area contributed by atoms with Gasteiger partial charge < -0.3 is 4.90 Å². The van der Waals surface area contributed by atoms with Crippen LogP contribution >= 0.6 is 0 Å². The number of nitrogens with zero attached hydrogens (tertiary/aromatic N) is 4. The molecule has 1 atom stereocenters. The largest absolute Gasteiger partial charge is 0.338 e. The van der Waals surface area contributed by atoms with Crippen molar-refractivity contribution in [3.63, 3.8) is 0 Å². The predicted molar refractivity (Wildman–Crippen MR) is 135 cm³/mol. The second-order valence-corrected chi connectivity index (χ2v) is 8.57. The molecule has 1 fully saturated rings. The minimum atomic E-state index is -0.342. The van der Waals surface area contributed by atoms with E-state index in [0.717, 1.165) is 35.2 Å². The molecule has 0 bridgehead atoms. The van der Waals surface area contributed by atoms with Crippen LogP contribution in [0.1, 0.15) is 30.0 Å². The number of hydrogen-bond donors (Lipinski definition) is 0. The van der Waals surface area contributed by atoms with Crippen molar-refractivity contribution in [1.82, 2.24) is 19.9 Å². The number of aromatic nitrogens is 3. The van der Waals surface area contributed by atoms with Crippen molar-refractivity contribution in [2.24, 2.45) is 0 Å². The fourth-order valence-electron chi connectivity index (χ4n) is 4.46. The fourth-order valence-corrected chi connectivity index (χ4v) is 4.46. The van der Waals surface area contributed by atoms with Crippen LogP contribution in [0.15, 0.2) is 91.4 Å². The highest BCUT2D eigenvalue weighted by molar-refractivity contribution is 5.92. The monoisotopic (exact) mass is 464 g/mol. The number of benzene rings is 2. The van der Waals surface area contributed by atoms with Crippen molar-refractivity contribution in [3.8, 4) is 22.5 Å². The van der Waals surface area contributed by atoms with E-state index in [1.807, 2.05) is 41.4 Å². The van der Waals surface area contributed by atoms with Gasteiger partial charge in [0.05, 0.1) is 5.69 Å². The lowest BCUT2D eigenvalue weighted by atomic mass is 9.89. The van der Waals surface area contributed by atoms with Crippen LogP contribution in [0.5, 0.6) is 0 Å². The van der Waals surface area contributed by atoms with Gasteiger partial charge in [-0.3, -0.25) is 9.78 Å². The molecule has 1 aliphatic heterocycles. The summed E-state index contributed by atoms with van der Waals surface area (Å²) >= 11 is 0. The van der Waals surface area contributed by atoms with Crippen LogP contribution in [0.2, 0.25) is 0 Å². The number of pyridine rings is 1. The minimum Gasteiger partial charge on any atom is -0.338 e. The van der Waals surface area contributed by atoms with Gasteiger partial charge in [-0.2, -0.15) is 0 Å². The standard InChI is InChI=1S/C29H25FN4O/c30-26-11-5-4-9-22(26)12-13-27(35)34-18-6-10-24(20-34)28-25(21-7-2-1-3-8-21)19-32-29(33-28)23-14-16-31-17-15-23/h1-5,7-9,11-17,19,24H,6,10,18,20H2/b13-12+/t24-/m0/s1. The Balaban J connectivity index is 1.44. The number of rotatable bonds is 5. The lowest BCUT2D eigenvalue weighted by molar-refractivity contribution is -0.127. The summed E-state index contributed by atoms with van der Waals surface area (Å²) in [6.07, 6.45) is 10.1. The number of likely N-dealkylation sites (tertiary alicyclic amines) is 1. The maximum atomic E-state index is 14.0. The van der Waals surface area contributed by atoms with Gasteiger partial charge in [0.1, 0.15) is 5.82 Å². The molecule has 0 aliphatic carbocycles. The average Bonchev–Trinajstić information content (AvgIpc) is 2.93. The van der Waals surface area contributed by atoms with Crippen molar-refractivity contribution in [3.05, 3.63) is 108 Å². The molecule has 0 N–H and O–H groups in total. The topological polar surface area (TPSA) is 59.0 Å². The van der Waals surface area contributed by atoms with E-state index in [1.54, 1.807) is 36.7 Å². The fraction of sp³-hybridized carbons (Fsp3) is 0.172. The maximum absolute atomic E-state index is 14.0. The zero-order valence-corrected chi connectivity index (χ0v) is 19.2. The summed E-state index contributed by atoms with van der Waals surface area (Å²) in [6.45, 7) is 1.22. The summed E-state index contributed by atoms with van der Waals surface area (Å²) in [6, 6.07) is 20.3. The molecule has 6 heteroatoms. The van der Waals surface area contributed by atoms with Crippen LogP contribution in [-0.2, 0) is 4.79 Å². The number of piperidine rings is 1. The molecule has 0 saturated carbocycles. The van der Waals surface area contributed by atoms with Crippen LogP contribution in [0.3, 0.4) is 0 Å². The third-order valence-corrected chi connectivity index (χ3v) is 6.27. The SMILES string of the molecule is O=C(/C=C/c1ccccc1F)N1CCC[C@H](c2nc(-c3ccncc3)ncc2-c2ccccc2)C1. The number of hydrogen-bond acceptors (Lipinski definition) is 4. The number of amides is 1. The zero-order valence-electron chi connectivity index (χ0n) is 19.2. The van der Waals surface area contributed by atoms with Crippen LogP contribution in [-0.4, -0.2) is 38.8 Å². The molecule has 1 saturated heterocycles. The molecular weight excluding hydrogens is 439 g/mol. The summed E-state index contributed by atoms with van der Waals surface area (Å²) in [5, 5.41) is 0. The van der Waals surface area contributed by atoms with E-state index in [9.17, 15) is 9.18 Å². The molecule has 1 aliphatic rings.